The van der Waals surface area contributed by atoms with E-state index < -0.39 is 10.0 Å². The monoisotopic (exact) mass is 270 g/mol. The molecule has 0 saturated carbocycles. The minimum Gasteiger partial charge on any atom is -0.316 e. The third kappa shape index (κ3) is 6.68. The van der Waals surface area contributed by atoms with Crippen molar-refractivity contribution in [2.45, 2.75) is 32.6 Å². The molecule has 1 rings (SSSR count). The van der Waals surface area contributed by atoms with Crippen LogP contribution in [0.3, 0.4) is 0 Å². The number of unbranched alkanes of at least 4 members (excludes halogenated alkanes) is 1. The van der Waals surface area contributed by atoms with E-state index in [2.05, 4.69) is 10.0 Å². The van der Waals surface area contributed by atoms with Crippen LogP contribution in [0.1, 0.15) is 32.6 Å². The van der Waals surface area contributed by atoms with Gasteiger partial charge in [0, 0.05) is 6.54 Å². The smallest absolute Gasteiger partial charge is 0.211 e. The largest absolute Gasteiger partial charge is 0.316 e. The molecular formula is C10H23ClN2O2S. The molecule has 1 atom stereocenters. The predicted molar refractivity (Wildman–Crippen MR) is 69.5 cm³/mol. The van der Waals surface area contributed by atoms with Crippen molar-refractivity contribution in [2.75, 3.05) is 25.4 Å². The molecule has 0 spiro atoms. The van der Waals surface area contributed by atoms with E-state index in [0.29, 0.717) is 12.5 Å². The first-order chi connectivity index (χ1) is 7.14. The SMILES string of the molecule is CCCCS(=O)(=O)NCC1CCCNC1.Cl. The van der Waals surface area contributed by atoms with Gasteiger partial charge in [-0.2, -0.15) is 0 Å². The fourth-order valence-corrected chi connectivity index (χ4v) is 3.05. The summed E-state index contributed by atoms with van der Waals surface area (Å²) >= 11 is 0. The molecule has 98 valence electrons. The van der Waals surface area contributed by atoms with Crippen molar-refractivity contribution in [1.29, 1.82) is 0 Å². The Morgan fingerprint density at radius 2 is 2.19 bits per heavy atom. The Morgan fingerprint density at radius 1 is 1.44 bits per heavy atom. The van der Waals surface area contributed by atoms with Crippen molar-refractivity contribution < 1.29 is 8.42 Å². The van der Waals surface area contributed by atoms with E-state index in [4.69, 9.17) is 0 Å². The highest BCUT2D eigenvalue weighted by Gasteiger charge is 2.16. The van der Waals surface area contributed by atoms with Crippen molar-refractivity contribution in [3.8, 4) is 0 Å². The molecule has 1 fully saturated rings. The number of nitrogens with one attached hydrogen (secondary N) is 2. The van der Waals surface area contributed by atoms with E-state index in [1.54, 1.807) is 0 Å². The molecular weight excluding hydrogens is 248 g/mol. The molecule has 0 radical (unpaired) electrons. The van der Waals surface area contributed by atoms with Crippen LogP contribution in [-0.2, 0) is 10.0 Å². The Balaban J connectivity index is 0.00000225. The molecule has 1 heterocycles. The van der Waals surface area contributed by atoms with Gasteiger partial charge in [0.05, 0.1) is 5.75 Å². The maximum Gasteiger partial charge on any atom is 0.211 e. The van der Waals surface area contributed by atoms with Crippen molar-refractivity contribution in [3.63, 3.8) is 0 Å². The van der Waals surface area contributed by atoms with Crippen LogP contribution in [0.2, 0.25) is 0 Å². The molecule has 16 heavy (non-hydrogen) atoms. The fourth-order valence-electron chi connectivity index (χ4n) is 1.75. The summed E-state index contributed by atoms with van der Waals surface area (Å²) in [6, 6.07) is 0. The summed E-state index contributed by atoms with van der Waals surface area (Å²) < 4.78 is 25.7. The minimum absolute atomic E-state index is 0. The first-order valence-electron chi connectivity index (χ1n) is 5.82. The van der Waals surface area contributed by atoms with E-state index in [9.17, 15) is 8.42 Å². The van der Waals surface area contributed by atoms with E-state index >= 15 is 0 Å². The zero-order valence-electron chi connectivity index (χ0n) is 9.87. The Labute approximate surface area is 105 Å². The Kier molecular flexibility index (Phi) is 8.36. The summed E-state index contributed by atoms with van der Waals surface area (Å²) in [6.07, 6.45) is 3.95. The van der Waals surface area contributed by atoms with Crippen molar-refractivity contribution in [3.05, 3.63) is 0 Å². The Hall–Kier alpha value is 0.160. The maximum atomic E-state index is 11.5. The second-order valence-corrected chi connectivity index (χ2v) is 6.16. The molecule has 1 aliphatic heterocycles. The lowest BCUT2D eigenvalue weighted by molar-refractivity contribution is 0.376. The minimum atomic E-state index is -3.02. The zero-order chi connectivity index (χ0) is 11.1. The van der Waals surface area contributed by atoms with Crippen LogP contribution in [0.5, 0.6) is 0 Å². The average Bonchev–Trinajstić information content (AvgIpc) is 2.25. The first kappa shape index (κ1) is 16.2. The lowest BCUT2D eigenvalue weighted by Gasteiger charge is -2.22. The number of hydrogen-bond donors (Lipinski definition) is 2. The quantitative estimate of drug-likeness (QED) is 0.761. The summed E-state index contributed by atoms with van der Waals surface area (Å²) in [5.74, 6) is 0.735. The van der Waals surface area contributed by atoms with E-state index in [0.717, 1.165) is 38.8 Å². The highest BCUT2D eigenvalue weighted by atomic mass is 35.5. The summed E-state index contributed by atoms with van der Waals surface area (Å²) in [5.41, 5.74) is 0. The summed E-state index contributed by atoms with van der Waals surface area (Å²) in [6.45, 7) is 4.61. The summed E-state index contributed by atoms with van der Waals surface area (Å²) in [7, 11) is -3.02. The molecule has 0 aromatic carbocycles. The van der Waals surface area contributed by atoms with Crippen LogP contribution in [0, 0.1) is 5.92 Å². The van der Waals surface area contributed by atoms with Gasteiger partial charge in [-0.05, 0) is 38.3 Å². The van der Waals surface area contributed by atoms with Gasteiger partial charge < -0.3 is 5.32 Å². The topological polar surface area (TPSA) is 58.2 Å². The van der Waals surface area contributed by atoms with Gasteiger partial charge in [0.1, 0.15) is 0 Å². The number of piperidine rings is 1. The van der Waals surface area contributed by atoms with Gasteiger partial charge in [-0.1, -0.05) is 13.3 Å². The highest BCUT2D eigenvalue weighted by molar-refractivity contribution is 7.89. The standard InChI is InChI=1S/C10H22N2O2S.ClH/c1-2-3-7-15(13,14)12-9-10-5-4-6-11-8-10;/h10-12H,2-9H2,1H3;1H. The molecule has 4 nitrogen and oxygen atoms in total. The summed E-state index contributed by atoms with van der Waals surface area (Å²) in [5, 5.41) is 3.28. The third-order valence-electron chi connectivity index (χ3n) is 2.76. The second-order valence-electron chi connectivity index (χ2n) is 4.23. The van der Waals surface area contributed by atoms with Crippen LogP contribution in [0.15, 0.2) is 0 Å². The van der Waals surface area contributed by atoms with Gasteiger partial charge in [0.15, 0.2) is 0 Å². The summed E-state index contributed by atoms with van der Waals surface area (Å²) in [4.78, 5) is 0. The molecule has 0 aliphatic carbocycles. The number of sulfonamides is 1. The fraction of sp³-hybridized carbons (Fsp3) is 1.00. The van der Waals surface area contributed by atoms with Crippen LogP contribution in [0.25, 0.3) is 0 Å². The molecule has 0 aromatic rings. The Bertz CT molecular complexity index is 264. The average molecular weight is 271 g/mol. The van der Waals surface area contributed by atoms with E-state index in [-0.39, 0.29) is 18.2 Å². The molecule has 0 aromatic heterocycles. The molecule has 1 saturated heterocycles. The zero-order valence-corrected chi connectivity index (χ0v) is 11.5. The normalized spacial score (nSPS) is 21.4. The van der Waals surface area contributed by atoms with Gasteiger partial charge in [0.2, 0.25) is 10.0 Å². The highest BCUT2D eigenvalue weighted by Crippen LogP contribution is 2.08. The molecule has 0 bridgehead atoms. The Morgan fingerprint density at radius 3 is 2.75 bits per heavy atom. The second kappa shape index (κ2) is 8.28. The first-order valence-corrected chi connectivity index (χ1v) is 7.47. The van der Waals surface area contributed by atoms with Gasteiger partial charge >= 0.3 is 0 Å². The molecule has 2 N–H and O–H groups in total. The van der Waals surface area contributed by atoms with Crippen molar-refractivity contribution in [2.24, 2.45) is 5.92 Å². The predicted octanol–water partition coefficient (Wildman–Crippen LogP) is 1.13. The third-order valence-corrected chi connectivity index (χ3v) is 4.19. The van der Waals surface area contributed by atoms with Gasteiger partial charge in [-0.15, -0.1) is 12.4 Å². The van der Waals surface area contributed by atoms with Gasteiger partial charge in [0.25, 0.3) is 0 Å². The van der Waals surface area contributed by atoms with E-state index in [1.165, 1.54) is 0 Å². The van der Waals surface area contributed by atoms with Crippen molar-refractivity contribution >= 4 is 22.4 Å². The number of halogens is 1. The van der Waals surface area contributed by atoms with Crippen LogP contribution in [-0.4, -0.2) is 33.8 Å². The van der Waals surface area contributed by atoms with Crippen LogP contribution >= 0.6 is 12.4 Å². The molecule has 1 unspecified atom stereocenters. The maximum absolute atomic E-state index is 11.5. The molecule has 1 aliphatic rings. The van der Waals surface area contributed by atoms with Crippen LogP contribution < -0.4 is 10.0 Å². The van der Waals surface area contributed by atoms with Gasteiger partial charge in [-0.3, -0.25) is 0 Å². The lowest BCUT2D eigenvalue weighted by atomic mass is 10.0. The lowest BCUT2D eigenvalue weighted by Crippen LogP contribution is -2.38. The van der Waals surface area contributed by atoms with Crippen LogP contribution in [0.4, 0.5) is 0 Å². The molecule has 6 heteroatoms. The van der Waals surface area contributed by atoms with E-state index in [1.807, 2.05) is 6.92 Å². The molecule has 0 amide bonds. The number of hydrogen-bond acceptors (Lipinski definition) is 3. The van der Waals surface area contributed by atoms with Crippen molar-refractivity contribution in [1.82, 2.24) is 10.0 Å². The van der Waals surface area contributed by atoms with Gasteiger partial charge in [-0.25, -0.2) is 13.1 Å². The number of rotatable bonds is 6.